The molecular weight excluding hydrogens is 382 g/mol. The summed E-state index contributed by atoms with van der Waals surface area (Å²) in [4.78, 5) is 24.0. The molecule has 0 saturated carbocycles. The van der Waals surface area contributed by atoms with E-state index in [2.05, 4.69) is 39.5 Å². The molecule has 3 aromatic heterocycles. The van der Waals surface area contributed by atoms with Gasteiger partial charge in [0.05, 0.1) is 11.3 Å². The maximum atomic E-state index is 12.7. The average molecular weight is 404 g/mol. The molecule has 4 aromatic rings. The van der Waals surface area contributed by atoms with Gasteiger partial charge in [-0.15, -0.1) is 11.3 Å². The van der Waals surface area contributed by atoms with E-state index in [4.69, 9.17) is 4.98 Å². The van der Waals surface area contributed by atoms with Crippen molar-refractivity contribution >= 4 is 28.0 Å². The van der Waals surface area contributed by atoms with E-state index in [1.165, 1.54) is 42.8 Å². The second-order valence-electron chi connectivity index (χ2n) is 7.25. The lowest BCUT2D eigenvalue weighted by Crippen LogP contribution is -2.18. The van der Waals surface area contributed by atoms with Crippen LogP contribution in [-0.4, -0.2) is 38.3 Å². The molecule has 7 heteroatoms. The number of carbonyl (C=O) groups is 1. The summed E-state index contributed by atoms with van der Waals surface area (Å²) in [6.07, 6.45) is 8.15. The van der Waals surface area contributed by atoms with E-state index in [0.29, 0.717) is 16.3 Å². The molecule has 1 aliphatic rings. The van der Waals surface area contributed by atoms with Gasteiger partial charge in [0.15, 0.2) is 5.13 Å². The zero-order chi connectivity index (χ0) is 19.6. The van der Waals surface area contributed by atoms with Gasteiger partial charge in [-0.3, -0.25) is 15.0 Å². The molecule has 0 spiro atoms. The highest BCUT2D eigenvalue weighted by Crippen LogP contribution is 2.23. The van der Waals surface area contributed by atoms with E-state index in [-0.39, 0.29) is 5.91 Å². The summed E-state index contributed by atoms with van der Waals surface area (Å²) in [5.41, 5.74) is 4.39. The van der Waals surface area contributed by atoms with Crippen molar-refractivity contribution in [3.63, 3.8) is 0 Å². The number of nitrogens with zero attached hydrogens (tertiary/aromatic N) is 4. The first-order valence-electron chi connectivity index (χ1n) is 9.76. The van der Waals surface area contributed by atoms with Crippen LogP contribution in [-0.2, 0) is 6.54 Å². The highest BCUT2D eigenvalue weighted by Gasteiger charge is 2.15. The molecule has 1 N–H and O–H groups in total. The third-order valence-electron chi connectivity index (χ3n) is 5.23. The summed E-state index contributed by atoms with van der Waals surface area (Å²) >= 11 is 1.39. The quantitative estimate of drug-likeness (QED) is 0.539. The minimum absolute atomic E-state index is 0.205. The number of benzene rings is 1. The molecular formula is C22H21N5OS. The van der Waals surface area contributed by atoms with E-state index in [9.17, 15) is 4.79 Å². The number of rotatable bonds is 5. The lowest BCUT2D eigenvalue weighted by atomic mass is 10.1. The van der Waals surface area contributed by atoms with Crippen LogP contribution in [0.25, 0.3) is 16.9 Å². The van der Waals surface area contributed by atoms with E-state index in [1.54, 1.807) is 12.3 Å². The molecule has 1 aromatic carbocycles. The van der Waals surface area contributed by atoms with Gasteiger partial charge in [-0.25, -0.2) is 9.97 Å². The topological polar surface area (TPSA) is 62.5 Å². The number of likely N-dealkylation sites (tertiary alicyclic amines) is 1. The highest BCUT2D eigenvalue weighted by atomic mass is 32.1. The van der Waals surface area contributed by atoms with Gasteiger partial charge in [0.25, 0.3) is 5.91 Å². The Bertz CT molecular complexity index is 1130. The van der Waals surface area contributed by atoms with Gasteiger partial charge in [-0.2, -0.15) is 0 Å². The first-order chi connectivity index (χ1) is 14.3. The molecule has 0 radical (unpaired) electrons. The molecule has 1 amide bonds. The maximum absolute atomic E-state index is 12.7. The van der Waals surface area contributed by atoms with Crippen molar-refractivity contribution in [2.45, 2.75) is 19.4 Å². The van der Waals surface area contributed by atoms with Gasteiger partial charge >= 0.3 is 0 Å². The number of thiazole rings is 1. The number of fused-ring (bicyclic) bond motifs is 1. The van der Waals surface area contributed by atoms with Gasteiger partial charge in [-0.1, -0.05) is 24.3 Å². The monoisotopic (exact) mass is 403 g/mol. The predicted octanol–water partition coefficient (Wildman–Crippen LogP) is 4.31. The number of aromatic nitrogens is 3. The van der Waals surface area contributed by atoms with Gasteiger partial charge < -0.3 is 4.40 Å². The Hall–Kier alpha value is -3.03. The maximum Gasteiger partial charge on any atom is 0.261 e. The number of nitrogens with one attached hydrogen (secondary N) is 1. The molecule has 0 unspecified atom stereocenters. The Labute approximate surface area is 172 Å². The molecule has 1 saturated heterocycles. The van der Waals surface area contributed by atoms with Crippen LogP contribution in [0.1, 0.15) is 28.8 Å². The van der Waals surface area contributed by atoms with Crippen molar-refractivity contribution in [2.75, 3.05) is 18.4 Å². The second kappa shape index (κ2) is 7.77. The largest absolute Gasteiger partial charge is 0.306 e. The lowest BCUT2D eigenvalue weighted by molar-refractivity contribution is 0.102. The smallest absolute Gasteiger partial charge is 0.261 e. The third kappa shape index (κ3) is 3.79. The zero-order valence-electron chi connectivity index (χ0n) is 15.9. The van der Waals surface area contributed by atoms with Crippen LogP contribution in [0.2, 0.25) is 0 Å². The molecule has 0 bridgehead atoms. The van der Waals surface area contributed by atoms with Crippen LogP contribution in [0, 0.1) is 0 Å². The van der Waals surface area contributed by atoms with Crippen LogP contribution < -0.4 is 5.32 Å². The molecule has 1 aliphatic heterocycles. The Balaban J connectivity index is 1.40. The van der Waals surface area contributed by atoms with Crippen molar-refractivity contribution in [1.29, 1.82) is 0 Å². The predicted molar refractivity (Wildman–Crippen MR) is 115 cm³/mol. The Morgan fingerprint density at radius 2 is 1.97 bits per heavy atom. The van der Waals surface area contributed by atoms with Crippen molar-refractivity contribution in [2.24, 2.45) is 0 Å². The number of imidazole rings is 1. The van der Waals surface area contributed by atoms with Gasteiger partial charge in [0, 0.05) is 36.1 Å². The first kappa shape index (κ1) is 18.0. The molecule has 5 rings (SSSR count). The third-order valence-corrected chi connectivity index (χ3v) is 5.92. The van der Waals surface area contributed by atoms with E-state index >= 15 is 0 Å². The fraction of sp³-hybridized carbons (Fsp3) is 0.227. The van der Waals surface area contributed by atoms with E-state index in [0.717, 1.165) is 17.8 Å². The molecule has 0 aliphatic carbocycles. The summed E-state index contributed by atoms with van der Waals surface area (Å²) < 4.78 is 1.89. The van der Waals surface area contributed by atoms with E-state index < -0.39 is 0 Å². The SMILES string of the molecule is O=C(Nc1nccs1)c1cccn2cc(-c3ccc(CN4CCCC4)cc3)nc12. The minimum atomic E-state index is -0.205. The van der Waals surface area contributed by atoms with Gasteiger partial charge in [0.1, 0.15) is 5.65 Å². The van der Waals surface area contributed by atoms with Crippen LogP contribution in [0.15, 0.2) is 60.4 Å². The fourth-order valence-electron chi connectivity index (χ4n) is 3.76. The summed E-state index contributed by atoms with van der Waals surface area (Å²) in [5, 5.41) is 5.24. The molecule has 0 atom stereocenters. The first-order valence-corrected chi connectivity index (χ1v) is 10.6. The molecule has 1 fully saturated rings. The summed E-state index contributed by atoms with van der Waals surface area (Å²) in [5.74, 6) is -0.205. The van der Waals surface area contributed by atoms with Crippen LogP contribution >= 0.6 is 11.3 Å². The van der Waals surface area contributed by atoms with Crippen molar-refractivity contribution in [3.8, 4) is 11.3 Å². The minimum Gasteiger partial charge on any atom is -0.306 e. The molecule has 6 nitrogen and oxygen atoms in total. The molecule has 4 heterocycles. The van der Waals surface area contributed by atoms with E-state index in [1.807, 2.05) is 28.2 Å². The van der Waals surface area contributed by atoms with Crippen molar-refractivity contribution in [1.82, 2.24) is 19.3 Å². The van der Waals surface area contributed by atoms with Crippen LogP contribution in [0.3, 0.4) is 0 Å². The number of carbonyl (C=O) groups excluding carboxylic acids is 1. The standard InChI is InChI=1S/C22H21N5OS/c28-21(25-22-23-9-13-29-22)18-4-3-12-27-15-19(24-20(18)27)17-7-5-16(6-8-17)14-26-10-1-2-11-26/h3-9,12-13,15H,1-2,10-11,14H2,(H,23,25,28). The summed E-state index contributed by atoms with van der Waals surface area (Å²) in [6.45, 7) is 3.40. The number of hydrogen-bond acceptors (Lipinski definition) is 5. The number of amides is 1. The second-order valence-corrected chi connectivity index (χ2v) is 8.15. The number of anilines is 1. The normalized spacial score (nSPS) is 14.5. The lowest BCUT2D eigenvalue weighted by Gasteiger charge is -2.14. The number of hydrogen-bond donors (Lipinski definition) is 1. The Kier molecular flexibility index (Phi) is 4.83. The molecule has 29 heavy (non-hydrogen) atoms. The van der Waals surface area contributed by atoms with Gasteiger partial charge in [0.2, 0.25) is 0 Å². The van der Waals surface area contributed by atoms with Crippen molar-refractivity contribution < 1.29 is 4.79 Å². The van der Waals surface area contributed by atoms with Crippen LogP contribution in [0.5, 0.6) is 0 Å². The van der Waals surface area contributed by atoms with Crippen LogP contribution in [0.4, 0.5) is 5.13 Å². The fourth-order valence-corrected chi connectivity index (χ4v) is 4.28. The number of pyridine rings is 1. The molecule has 146 valence electrons. The summed E-state index contributed by atoms with van der Waals surface area (Å²) in [7, 11) is 0. The Morgan fingerprint density at radius 3 is 2.72 bits per heavy atom. The summed E-state index contributed by atoms with van der Waals surface area (Å²) in [6, 6.07) is 12.2. The zero-order valence-corrected chi connectivity index (χ0v) is 16.7. The van der Waals surface area contributed by atoms with Crippen molar-refractivity contribution in [3.05, 3.63) is 71.5 Å². The Morgan fingerprint density at radius 1 is 1.14 bits per heavy atom. The van der Waals surface area contributed by atoms with Gasteiger partial charge in [-0.05, 0) is 43.6 Å². The average Bonchev–Trinajstić information content (AvgIpc) is 3.50. The highest BCUT2D eigenvalue weighted by molar-refractivity contribution is 7.13.